The first-order valence-electron chi connectivity index (χ1n) is 5.33. The second-order valence-corrected chi connectivity index (χ2v) is 3.60. The van der Waals surface area contributed by atoms with Gasteiger partial charge in [-0.3, -0.25) is 0 Å². The van der Waals surface area contributed by atoms with E-state index < -0.39 is 0 Å². The molecule has 84 valence electrons. The molecule has 0 atom stereocenters. The lowest BCUT2D eigenvalue weighted by Gasteiger charge is -2.04. The molecule has 0 saturated heterocycles. The molecule has 3 heteroatoms. The van der Waals surface area contributed by atoms with Crippen molar-refractivity contribution in [3.63, 3.8) is 0 Å². The van der Waals surface area contributed by atoms with Crippen LogP contribution in [0.1, 0.15) is 11.3 Å². The highest BCUT2D eigenvalue weighted by atomic mass is 19.1. The van der Waals surface area contributed by atoms with Crippen molar-refractivity contribution in [2.24, 2.45) is 0 Å². The van der Waals surface area contributed by atoms with Crippen molar-refractivity contribution in [1.82, 2.24) is 5.32 Å². The summed E-state index contributed by atoms with van der Waals surface area (Å²) in [6.07, 6.45) is 2.48. The summed E-state index contributed by atoms with van der Waals surface area (Å²) >= 11 is 0. The Kier molecular flexibility index (Phi) is 3.72. The van der Waals surface area contributed by atoms with Crippen molar-refractivity contribution < 1.29 is 8.81 Å². The van der Waals surface area contributed by atoms with Crippen LogP contribution >= 0.6 is 0 Å². The third kappa shape index (κ3) is 2.94. The molecule has 0 aliphatic heterocycles. The van der Waals surface area contributed by atoms with Gasteiger partial charge >= 0.3 is 0 Å². The van der Waals surface area contributed by atoms with Crippen molar-refractivity contribution in [2.75, 3.05) is 6.54 Å². The number of hydrogen-bond donors (Lipinski definition) is 1. The summed E-state index contributed by atoms with van der Waals surface area (Å²) in [6.45, 7) is 1.33. The lowest BCUT2D eigenvalue weighted by atomic mass is 10.2. The molecule has 0 fully saturated rings. The van der Waals surface area contributed by atoms with Crippen molar-refractivity contribution in [2.45, 2.75) is 13.0 Å². The molecule has 2 nitrogen and oxygen atoms in total. The van der Waals surface area contributed by atoms with E-state index in [4.69, 9.17) is 4.42 Å². The van der Waals surface area contributed by atoms with E-state index in [9.17, 15) is 4.39 Å². The van der Waals surface area contributed by atoms with Gasteiger partial charge in [0.1, 0.15) is 11.6 Å². The number of nitrogens with one attached hydrogen (secondary N) is 1. The molecule has 0 bridgehead atoms. The maximum atomic E-state index is 13.2. The molecule has 0 aliphatic carbocycles. The monoisotopic (exact) mass is 219 g/mol. The minimum absolute atomic E-state index is 0.159. The number of rotatable bonds is 5. The first-order valence-corrected chi connectivity index (χ1v) is 5.33. The molecule has 1 aromatic heterocycles. The van der Waals surface area contributed by atoms with Crippen LogP contribution in [0.4, 0.5) is 4.39 Å². The van der Waals surface area contributed by atoms with E-state index in [1.165, 1.54) is 6.07 Å². The number of furan rings is 1. The molecule has 0 saturated carbocycles. The summed E-state index contributed by atoms with van der Waals surface area (Å²) < 4.78 is 18.4. The Bertz CT molecular complexity index is 425. The fraction of sp³-hybridized carbons (Fsp3) is 0.231. The molecule has 0 amide bonds. The van der Waals surface area contributed by atoms with Crippen molar-refractivity contribution in [1.29, 1.82) is 0 Å². The van der Waals surface area contributed by atoms with Crippen LogP contribution in [0.2, 0.25) is 0 Å². The van der Waals surface area contributed by atoms with E-state index in [1.54, 1.807) is 18.4 Å². The van der Waals surface area contributed by atoms with Gasteiger partial charge in [0.15, 0.2) is 0 Å². The molecule has 0 unspecified atom stereocenters. The van der Waals surface area contributed by atoms with Crippen LogP contribution in [0.3, 0.4) is 0 Å². The Morgan fingerprint density at radius 3 is 2.75 bits per heavy atom. The quantitative estimate of drug-likeness (QED) is 0.782. The second-order valence-electron chi connectivity index (χ2n) is 3.60. The van der Waals surface area contributed by atoms with Crippen LogP contribution in [0.15, 0.2) is 47.1 Å². The average Bonchev–Trinajstić information content (AvgIpc) is 2.79. The second kappa shape index (κ2) is 5.47. The Morgan fingerprint density at radius 1 is 1.12 bits per heavy atom. The van der Waals surface area contributed by atoms with Gasteiger partial charge in [-0.05, 0) is 18.2 Å². The van der Waals surface area contributed by atoms with E-state index in [0.29, 0.717) is 12.1 Å². The Labute approximate surface area is 94.1 Å². The van der Waals surface area contributed by atoms with Gasteiger partial charge in [0.2, 0.25) is 0 Å². The molecular weight excluding hydrogens is 205 g/mol. The lowest BCUT2D eigenvalue weighted by Crippen LogP contribution is -2.17. The highest BCUT2D eigenvalue weighted by molar-refractivity contribution is 5.16. The number of hydrogen-bond acceptors (Lipinski definition) is 2. The summed E-state index contributed by atoms with van der Waals surface area (Å²) in [6, 6.07) is 10.6. The predicted molar refractivity (Wildman–Crippen MR) is 60.5 cm³/mol. The smallest absolute Gasteiger partial charge is 0.127 e. The van der Waals surface area contributed by atoms with E-state index >= 15 is 0 Å². The van der Waals surface area contributed by atoms with E-state index in [-0.39, 0.29) is 5.82 Å². The van der Waals surface area contributed by atoms with Crippen LogP contribution < -0.4 is 5.32 Å². The first kappa shape index (κ1) is 10.9. The molecule has 1 N–H and O–H groups in total. The molecule has 0 aliphatic rings. The maximum Gasteiger partial charge on any atom is 0.127 e. The third-order valence-corrected chi connectivity index (χ3v) is 2.40. The zero-order valence-corrected chi connectivity index (χ0v) is 8.95. The SMILES string of the molecule is Fc1ccccc1CNCCc1ccco1. The zero-order valence-electron chi connectivity index (χ0n) is 8.95. The van der Waals surface area contributed by atoms with Crippen LogP contribution in [-0.2, 0) is 13.0 Å². The van der Waals surface area contributed by atoms with Gasteiger partial charge in [-0.15, -0.1) is 0 Å². The zero-order chi connectivity index (χ0) is 11.2. The molecule has 1 heterocycles. The van der Waals surface area contributed by atoms with Gasteiger partial charge in [-0.1, -0.05) is 18.2 Å². The molecule has 2 rings (SSSR count). The summed E-state index contributed by atoms with van der Waals surface area (Å²) in [4.78, 5) is 0. The average molecular weight is 219 g/mol. The minimum atomic E-state index is -0.159. The fourth-order valence-electron chi connectivity index (χ4n) is 1.53. The van der Waals surface area contributed by atoms with E-state index in [2.05, 4.69) is 5.32 Å². The fourth-order valence-corrected chi connectivity index (χ4v) is 1.53. The topological polar surface area (TPSA) is 25.2 Å². The standard InChI is InChI=1S/C13H14FNO/c14-13-6-2-1-4-11(13)10-15-8-7-12-5-3-9-16-12/h1-6,9,15H,7-8,10H2. The molecule has 2 aromatic rings. The van der Waals surface area contributed by atoms with Crippen molar-refractivity contribution in [3.8, 4) is 0 Å². The number of halogens is 1. The largest absolute Gasteiger partial charge is 0.469 e. The summed E-state index contributed by atoms with van der Waals surface area (Å²) in [7, 11) is 0. The Balaban J connectivity index is 1.74. The molecule has 0 radical (unpaired) electrons. The van der Waals surface area contributed by atoms with Crippen molar-refractivity contribution >= 4 is 0 Å². The molecule has 16 heavy (non-hydrogen) atoms. The Morgan fingerprint density at radius 2 is 2.00 bits per heavy atom. The lowest BCUT2D eigenvalue weighted by molar-refractivity contribution is 0.497. The predicted octanol–water partition coefficient (Wildman–Crippen LogP) is 2.75. The summed E-state index contributed by atoms with van der Waals surface area (Å²) in [5, 5.41) is 3.18. The van der Waals surface area contributed by atoms with Crippen molar-refractivity contribution in [3.05, 3.63) is 59.8 Å². The van der Waals surface area contributed by atoms with E-state index in [1.807, 2.05) is 18.2 Å². The maximum absolute atomic E-state index is 13.2. The number of benzene rings is 1. The van der Waals surface area contributed by atoms with E-state index in [0.717, 1.165) is 18.7 Å². The van der Waals surface area contributed by atoms with Crippen LogP contribution in [0.25, 0.3) is 0 Å². The summed E-state index contributed by atoms with van der Waals surface area (Å²) in [5.41, 5.74) is 0.696. The van der Waals surface area contributed by atoms with Crippen LogP contribution in [0.5, 0.6) is 0 Å². The minimum Gasteiger partial charge on any atom is -0.469 e. The third-order valence-electron chi connectivity index (χ3n) is 2.40. The highest BCUT2D eigenvalue weighted by Gasteiger charge is 2.00. The molecule has 0 spiro atoms. The van der Waals surface area contributed by atoms with Gasteiger partial charge in [-0.2, -0.15) is 0 Å². The van der Waals surface area contributed by atoms with Gasteiger partial charge in [0.25, 0.3) is 0 Å². The van der Waals surface area contributed by atoms with Gasteiger partial charge in [0, 0.05) is 25.1 Å². The molecule has 1 aromatic carbocycles. The van der Waals surface area contributed by atoms with Gasteiger partial charge in [-0.25, -0.2) is 4.39 Å². The first-order chi connectivity index (χ1) is 7.86. The van der Waals surface area contributed by atoms with Crippen LogP contribution in [0, 0.1) is 5.82 Å². The molecular formula is C13H14FNO. The normalized spacial score (nSPS) is 10.6. The summed E-state index contributed by atoms with van der Waals surface area (Å²) in [5.74, 6) is 0.786. The van der Waals surface area contributed by atoms with Gasteiger partial charge in [0.05, 0.1) is 6.26 Å². The van der Waals surface area contributed by atoms with Gasteiger partial charge < -0.3 is 9.73 Å². The Hall–Kier alpha value is -1.61. The van der Waals surface area contributed by atoms with Crippen LogP contribution in [-0.4, -0.2) is 6.54 Å². The highest BCUT2D eigenvalue weighted by Crippen LogP contribution is 2.05.